The highest BCUT2D eigenvalue weighted by Crippen LogP contribution is 2.10. The number of hydrogen-bond acceptors (Lipinski definition) is 2. The van der Waals surface area contributed by atoms with Crippen LogP contribution in [0.5, 0.6) is 0 Å². The molecule has 0 spiro atoms. The molecule has 0 saturated heterocycles. The fourth-order valence-electron chi connectivity index (χ4n) is 1.03. The van der Waals surface area contributed by atoms with Crippen LogP contribution in [0.25, 0.3) is 0 Å². The number of aliphatic hydroxyl groups is 1. The van der Waals surface area contributed by atoms with Gasteiger partial charge < -0.3 is 5.11 Å². The van der Waals surface area contributed by atoms with Crippen LogP contribution < -0.4 is 0 Å². The van der Waals surface area contributed by atoms with Gasteiger partial charge in [0.05, 0.1) is 6.61 Å². The Morgan fingerprint density at radius 2 is 1.92 bits per heavy atom. The van der Waals surface area contributed by atoms with Crippen LogP contribution in [0.1, 0.15) is 11.1 Å². The van der Waals surface area contributed by atoms with E-state index >= 15 is 0 Å². The molecule has 0 saturated carbocycles. The molecule has 0 atom stereocenters. The molecule has 0 aliphatic heterocycles. The molecule has 1 aromatic carbocycles. The fourth-order valence-corrected chi connectivity index (χ4v) is 1.18. The molecule has 2 nitrogen and oxygen atoms in total. The fraction of sp³-hybridized carbons (Fsp3) is 0.222. The Morgan fingerprint density at radius 3 is 2.42 bits per heavy atom. The van der Waals surface area contributed by atoms with E-state index in [1.54, 1.807) is 12.1 Å². The van der Waals surface area contributed by atoms with Crippen molar-refractivity contribution in [3.8, 4) is 0 Å². The Labute approximate surface area is 75.8 Å². The van der Waals surface area contributed by atoms with E-state index in [1.807, 2.05) is 12.1 Å². The van der Waals surface area contributed by atoms with Crippen molar-refractivity contribution in [2.75, 3.05) is 0 Å². The van der Waals surface area contributed by atoms with Crippen LogP contribution in [0.4, 0.5) is 0 Å². The van der Waals surface area contributed by atoms with Gasteiger partial charge in [-0.3, -0.25) is 4.79 Å². The minimum atomic E-state index is -0.407. The third-order valence-electron chi connectivity index (χ3n) is 1.62. The lowest BCUT2D eigenvalue weighted by Crippen LogP contribution is -1.98. The van der Waals surface area contributed by atoms with Crippen LogP contribution in [-0.2, 0) is 17.8 Å². The first-order chi connectivity index (χ1) is 5.74. The van der Waals surface area contributed by atoms with Gasteiger partial charge in [0.1, 0.15) is 0 Å². The minimum absolute atomic E-state index is 0.0552. The van der Waals surface area contributed by atoms with Crippen molar-refractivity contribution in [3.63, 3.8) is 0 Å². The molecule has 0 aliphatic carbocycles. The van der Waals surface area contributed by atoms with Crippen molar-refractivity contribution in [2.45, 2.75) is 13.0 Å². The van der Waals surface area contributed by atoms with E-state index in [0.29, 0.717) is 0 Å². The minimum Gasteiger partial charge on any atom is -0.392 e. The van der Waals surface area contributed by atoms with E-state index in [-0.39, 0.29) is 13.0 Å². The van der Waals surface area contributed by atoms with Crippen molar-refractivity contribution in [1.82, 2.24) is 0 Å². The van der Waals surface area contributed by atoms with Crippen LogP contribution >= 0.6 is 11.6 Å². The molecular weight excluding hydrogens is 176 g/mol. The summed E-state index contributed by atoms with van der Waals surface area (Å²) in [6.07, 6.45) is 0.179. The molecule has 1 rings (SSSR count). The molecule has 1 aromatic rings. The topological polar surface area (TPSA) is 37.3 Å². The molecule has 0 bridgehead atoms. The second-order valence-corrected chi connectivity index (χ2v) is 2.88. The molecule has 64 valence electrons. The molecule has 0 unspecified atom stereocenters. The summed E-state index contributed by atoms with van der Waals surface area (Å²) in [4.78, 5) is 10.6. The number of aliphatic hydroxyl groups excluding tert-OH is 1. The lowest BCUT2D eigenvalue weighted by Gasteiger charge is -2.02. The van der Waals surface area contributed by atoms with Gasteiger partial charge in [-0.05, 0) is 22.7 Å². The summed E-state index contributed by atoms with van der Waals surface area (Å²) in [6, 6.07) is 7.18. The van der Waals surface area contributed by atoms with Crippen LogP contribution in [0.2, 0.25) is 0 Å². The molecule has 1 N–H and O–H groups in total. The third kappa shape index (κ3) is 2.32. The van der Waals surface area contributed by atoms with Crippen LogP contribution in [0, 0.1) is 0 Å². The normalized spacial score (nSPS) is 9.83. The summed E-state index contributed by atoms with van der Waals surface area (Å²) in [7, 11) is 0. The van der Waals surface area contributed by atoms with Crippen molar-refractivity contribution in [1.29, 1.82) is 0 Å². The maximum atomic E-state index is 10.6. The van der Waals surface area contributed by atoms with Gasteiger partial charge in [0, 0.05) is 6.42 Å². The maximum Gasteiger partial charge on any atom is 0.226 e. The van der Waals surface area contributed by atoms with E-state index in [4.69, 9.17) is 16.7 Å². The second kappa shape index (κ2) is 4.24. The third-order valence-corrected chi connectivity index (χ3v) is 1.75. The van der Waals surface area contributed by atoms with Gasteiger partial charge in [-0.15, -0.1) is 0 Å². The van der Waals surface area contributed by atoms with E-state index in [2.05, 4.69) is 0 Å². The standard InChI is InChI=1S/C9H9ClO2/c10-9(12)5-7-3-1-2-4-8(7)6-11/h1-4,11H,5-6H2. The number of carbonyl (C=O) groups is 1. The number of rotatable bonds is 3. The average Bonchev–Trinajstić information content (AvgIpc) is 2.04. The Kier molecular flexibility index (Phi) is 3.26. The summed E-state index contributed by atoms with van der Waals surface area (Å²) in [6.45, 7) is -0.0552. The zero-order chi connectivity index (χ0) is 8.97. The van der Waals surface area contributed by atoms with Crippen molar-refractivity contribution in [3.05, 3.63) is 35.4 Å². The number of halogens is 1. The highest BCUT2D eigenvalue weighted by Gasteiger charge is 2.03. The van der Waals surface area contributed by atoms with E-state index in [0.717, 1.165) is 11.1 Å². The van der Waals surface area contributed by atoms with Crippen LogP contribution in [0.3, 0.4) is 0 Å². The largest absolute Gasteiger partial charge is 0.392 e. The molecule has 3 heteroatoms. The lowest BCUT2D eigenvalue weighted by molar-refractivity contribution is -0.111. The smallest absolute Gasteiger partial charge is 0.226 e. The Hall–Kier alpha value is -0.860. The van der Waals surface area contributed by atoms with Crippen molar-refractivity contribution >= 4 is 16.8 Å². The molecule has 0 aromatic heterocycles. The monoisotopic (exact) mass is 184 g/mol. The second-order valence-electron chi connectivity index (χ2n) is 2.46. The van der Waals surface area contributed by atoms with Gasteiger partial charge >= 0.3 is 0 Å². The Bertz CT molecular complexity index is 284. The first-order valence-corrected chi connectivity index (χ1v) is 3.98. The van der Waals surface area contributed by atoms with E-state index in [1.165, 1.54) is 0 Å². The predicted molar refractivity (Wildman–Crippen MR) is 46.9 cm³/mol. The van der Waals surface area contributed by atoms with Gasteiger partial charge in [0.15, 0.2) is 0 Å². The predicted octanol–water partition coefficient (Wildman–Crippen LogP) is 1.49. The first-order valence-electron chi connectivity index (χ1n) is 3.60. The molecule has 0 amide bonds. The molecule has 0 aliphatic rings. The van der Waals surface area contributed by atoms with E-state index in [9.17, 15) is 4.79 Å². The molecule has 0 fully saturated rings. The quantitative estimate of drug-likeness (QED) is 0.723. The lowest BCUT2D eigenvalue weighted by atomic mass is 10.1. The highest BCUT2D eigenvalue weighted by atomic mass is 35.5. The van der Waals surface area contributed by atoms with Crippen molar-refractivity contribution in [2.24, 2.45) is 0 Å². The zero-order valence-electron chi connectivity index (χ0n) is 6.46. The van der Waals surface area contributed by atoms with Crippen LogP contribution in [0.15, 0.2) is 24.3 Å². The zero-order valence-corrected chi connectivity index (χ0v) is 7.21. The summed E-state index contributed by atoms with van der Waals surface area (Å²) in [5, 5.41) is 8.47. The first kappa shape index (κ1) is 9.23. The van der Waals surface area contributed by atoms with Gasteiger partial charge in [-0.2, -0.15) is 0 Å². The number of hydrogen-bond donors (Lipinski definition) is 1. The van der Waals surface area contributed by atoms with E-state index < -0.39 is 5.24 Å². The average molecular weight is 185 g/mol. The maximum absolute atomic E-state index is 10.6. The summed E-state index contributed by atoms with van der Waals surface area (Å²) >= 11 is 5.22. The molecule has 12 heavy (non-hydrogen) atoms. The van der Waals surface area contributed by atoms with Gasteiger partial charge in [-0.1, -0.05) is 24.3 Å². The summed E-state index contributed by atoms with van der Waals surface area (Å²) in [5.41, 5.74) is 1.55. The van der Waals surface area contributed by atoms with Gasteiger partial charge in [0.25, 0.3) is 0 Å². The van der Waals surface area contributed by atoms with Crippen molar-refractivity contribution < 1.29 is 9.90 Å². The van der Waals surface area contributed by atoms with Gasteiger partial charge in [-0.25, -0.2) is 0 Å². The van der Waals surface area contributed by atoms with Crippen LogP contribution in [-0.4, -0.2) is 10.3 Å². The SMILES string of the molecule is O=C(Cl)Cc1ccccc1CO. The number of benzene rings is 1. The molecule has 0 radical (unpaired) electrons. The molecular formula is C9H9ClO2. The summed E-state index contributed by atoms with van der Waals surface area (Å²) < 4.78 is 0. The molecule has 0 heterocycles. The summed E-state index contributed by atoms with van der Waals surface area (Å²) in [5.74, 6) is 0. The Morgan fingerprint density at radius 1 is 1.33 bits per heavy atom. The van der Waals surface area contributed by atoms with Gasteiger partial charge in [0.2, 0.25) is 5.24 Å². The highest BCUT2D eigenvalue weighted by molar-refractivity contribution is 6.63. The number of carbonyl (C=O) groups excluding carboxylic acids is 1. The Balaban J connectivity index is 2.89.